The zero-order valence-corrected chi connectivity index (χ0v) is 15.8. The molecule has 1 heterocycles. The first kappa shape index (κ1) is 15.9. The van der Waals surface area contributed by atoms with Crippen LogP contribution >= 0.6 is 27.7 Å². The normalized spacial score (nSPS) is 33.0. The minimum atomic E-state index is 0.439. The second kappa shape index (κ2) is 6.28. The average molecular weight is 367 g/mol. The molecule has 3 rings (SSSR count). The van der Waals surface area contributed by atoms with Crippen LogP contribution in [0.4, 0.5) is 0 Å². The molecule has 0 bridgehead atoms. The number of hydrogen-bond acceptors (Lipinski definition) is 1. The van der Waals surface area contributed by atoms with Crippen LogP contribution in [0.15, 0.2) is 29.2 Å². The van der Waals surface area contributed by atoms with Gasteiger partial charge < -0.3 is 0 Å². The Morgan fingerprint density at radius 3 is 2.71 bits per heavy atom. The average Bonchev–Trinajstić information content (AvgIpc) is 2.79. The second-order valence-corrected chi connectivity index (χ2v) is 10.3. The van der Waals surface area contributed by atoms with Gasteiger partial charge >= 0.3 is 0 Å². The molecule has 0 spiro atoms. The third-order valence-electron chi connectivity index (χ3n) is 5.51. The summed E-state index contributed by atoms with van der Waals surface area (Å²) < 4.78 is 0. The molecule has 1 aromatic rings. The van der Waals surface area contributed by atoms with Crippen LogP contribution in [-0.2, 0) is 6.42 Å². The summed E-state index contributed by atoms with van der Waals surface area (Å²) in [5.74, 6) is 1.73. The van der Waals surface area contributed by atoms with Crippen molar-refractivity contribution in [1.82, 2.24) is 0 Å². The molecule has 1 aliphatic heterocycles. The van der Waals surface area contributed by atoms with E-state index in [-0.39, 0.29) is 0 Å². The Bertz CT molecular complexity index is 471. The van der Waals surface area contributed by atoms with E-state index < -0.39 is 0 Å². The van der Waals surface area contributed by atoms with Crippen molar-refractivity contribution in [2.24, 2.45) is 17.3 Å². The molecule has 116 valence electrons. The summed E-state index contributed by atoms with van der Waals surface area (Å²) in [5.41, 5.74) is 2.00. The Hall–Kier alpha value is 0.0500. The third-order valence-corrected chi connectivity index (χ3v) is 7.84. The first-order valence-corrected chi connectivity index (χ1v) is 10.1. The van der Waals surface area contributed by atoms with Crippen LogP contribution in [0.25, 0.3) is 0 Å². The van der Waals surface area contributed by atoms with E-state index in [1.165, 1.54) is 37.0 Å². The number of rotatable bonds is 3. The van der Waals surface area contributed by atoms with E-state index in [4.69, 9.17) is 0 Å². The highest BCUT2D eigenvalue weighted by Gasteiger charge is 2.40. The van der Waals surface area contributed by atoms with Gasteiger partial charge in [-0.1, -0.05) is 61.3 Å². The smallest absolute Gasteiger partial charge is 0.0181 e. The van der Waals surface area contributed by atoms with Crippen molar-refractivity contribution in [3.05, 3.63) is 29.8 Å². The van der Waals surface area contributed by atoms with Crippen molar-refractivity contribution < 1.29 is 0 Å². The fourth-order valence-corrected chi connectivity index (χ4v) is 7.51. The molecule has 1 aliphatic carbocycles. The predicted molar refractivity (Wildman–Crippen MR) is 97.4 cm³/mol. The maximum absolute atomic E-state index is 4.00. The van der Waals surface area contributed by atoms with Crippen molar-refractivity contribution >= 4 is 27.7 Å². The van der Waals surface area contributed by atoms with Gasteiger partial charge in [0, 0.05) is 15.0 Å². The van der Waals surface area contributed by atoms with Crippen molar-refractivity contribution in [3.8, 4) is 0 Å². The molecular formula is C19H27BrS. The van der Waals surface area contributed by atoms with Gasteiger partial charge in [-0.3, -0.25) is 0 Å². The van der Waals surface area contributed by atoms with Crippen LogP contribution in [0, 0.1) is 17.3 Å². The standard InChI is InChI=1S/C19H27BrS/c1-13-8-9-16(17(20)10-13)19(2,3)12-15-11-14-6-4-5-7-18(14)21-15/h4-7,13,15-17H,8-12H2,1-3H3. The summed E-state index contributed by atoms with van der Waals surface area (Å²) >= 11 is 6.12. The highest BCUT2D eigenvalue weighted by Crippen LogP contribution is 2.49. The molecule has 2 aliphatic rings. The van der Waals surface area contributed by atoms with Crippen LogP contribution in [0.1, 0.15) is 52.0 Å². The molecular weight excluding hydrogens is 340 g/mol. The molecule has 0 amide bonds. The van der Waals surface area contributed by atoms with Crippen molar-refractivity contribution in [2.75, 3.05) is 0 Å². The number of alkyl halides is 1. The fourth-order valence-electron chi connectivity index (χ4n) is 4.30. The van der Waals surface area contributed by atoms with Crippen molar-refractivity contribution in [3.63, 3.8) is 0 Å². The Kier molecular flexibility index (Phi) is 4.76. The van der Waals surface area contributed by atoms with Gasteiger partial charge in [-0.15, -0.1) is 11.8 Å². The fraction of sp³-hybridized carbons (Fsp3) is 0.684. The quantitative estimate of drug-likeness (QED) is 0.563. The Labute approximate surface area is 142 Å². The molecule has 0 saturated heterocycles. The Morgan fingerprint density at radius 2 is 2.00 bits per heavy atom. The number of halogens is 1. The largest absolute Gasteiger partial charge is 0.122 e. The topological polar surface area (TPSA) is 0 Å². The van der Waals surface area contributed by atoms with Gasteiger partial charge in [0.05, 0.1) is 0 Å². The summed E-state index contributed by atoms with van der Waals surface area (Å²) in [6, 6.07) is 8.97. The van der Waals surface area contributed by atoms with Crippen LogP contribution < -0.4 is 0 Å². The van der Waals surface area contributed by atoms with Gasteiger partial charge in [-0.25, -0.2) is 0 Å². The number of hydrogen-bond donors (Lipinski definition) is 0. The zero-order valence-electron chi connectivity index (χ0n) is 13.4. The summed E-state index contributed by atoms with van der Waals surface area (Å²) in [4.78, 5) is 2.23. The summed E-state index contributed by atoms with van der Waals surface area (Å²) in [6.07, 6.45) is 6.77. The summed E-state index contributed by atoms with van der Waals surface area (Å²) in [7, 11) is 0. The van der Waals surface area contributed by atoms with Gasteiger partial charge in [-0.05, 0) is 54.6 Å². The van der Waals surface area contributed by atoms with Crippen LogP contribution in [-0.4, -0.2) is 10.1 Å². The first-order chi connectivity index (χ1) is 9.95. The zero-order chi connectivity index (χ0) is 15.0. The lowest BCUT2D eigenvalue weighted by Gasteiger charge is -2.43. The van der Waals surface area contributed by atoms with E-state index in [0.717, 1.165) is 17.1 Å². The summed E-state index contributed by atoms with van der Waals surface area (Å²) in [5, 5.41) is 0.774. The first-order valence-electron chi connectivity index (χ1n) is 8.34. The van der Waals surface area contributed by atoms with E-state index in [9.17, 15) is 0 Å². The predicted octanol–water partition coefficient (Wildman–Crippen LogP) is 6.32. The molecule has 0 N–H and O–H groups in total. The van der Waals surface area contributed by atoms with Gasteiger partial charge in [0.25, 0.3) is 0 Å². The van der Waals surface area contributed by atoms with Crippen LogP contribution in [0.5, 0.6) is 0 Å². The lowest BCUT2D eigenvalue weighted by molar-refractivity contribution is 0.136. The molecule has 21 heavy (non-hydrogen) atoms. The number of thioether (sulfide) groups is 1. The molecule has 1 saturated carbocycles. The summed E-state index contributed by atoms with van der Waals surface area (Å²) in [6.45, 7) is 7.41. The van der Waals surface area contributed by atoms with Crippen molar-refractivity contribution in [2.45, 2.75) is 67.8 Å². The molecule has 1 fully saturated rings. The minimum absolute atomic E-state index is 0.439. The SMILES string of the molecule is CC1CCC(C(C)(C)CC2Cc3ccccc3S2)C(Br)C1. The van der Waals surface area contributed by atoms with E-state index in [1.54, 1.807) is 5.56 Å². The van der Waals surface area contributed by atoms with E-state index in [0.29, 0.717) is 10.2 Å². The van der Waals surface area contributed by atoms with Crippen LogP contribution in [0.3, 0.4) is 0 Å². The highest BCUT2D eigenvalue weighted by atomic mass is 79.9. The minimum Gasteiger partial charge on any atom is -0.122 e. The number of benzene rings is 1. The monoisotopic (exact) mass is 366 g/mol. The Balaban J connectivity index is 1.64. The van der Waals surface area contributed by atoms with E-state index in [1.807, 2.05) is 0 Å². The van der Waals surface area contributed by atoms with Crippen molar-refractivity contribution in [1.29, 1.82) is 0 Å². The molecule has 4 unspecified atom stereocenters. The Morgan fingerprint density at radius 1 is 1.24 bits per heavy atom. The number of fused-ring (bicyclic) bond motifs is 1. The third kappa shape index (κ3) is 3.52. The molecule has 0 aromatic heterocycles. The van der Waals surface area contributed by atoms with Gasteiger partial charge in [0.1, 0.15) is 0 Å². The lowest BCUT2D eigenvalue weighted by Crippen LogP contribution is -2.37. The lowest BCUT2D eigenvalue weighted by atomic mass is 9.67. The molecule has 4 atom stereocenters. The highest BCUT2D eigenvalue weighted by molar-refractivity contribution is 9.09. The van der Waals surface area contributed by atoms with Gasteiger partial charge in [-0.2, -0.15) is 0 Å². The molecule has 2 heteroatoms. The van der Waals surface area contributed by atoms with E-state index in [2.05, 4.69) is 72.7 Å². The second-order valence-electron chi connectivity index (χ2n) is 7.79. The molecule has 0 nitrogen and oxygen atoms in total. The maximum Gasteiger partial charge on any atom is 0.0181 e. The van der Waals surface area contributed by atoms with Gasteiger partial charge in [0.15, 0.2) is 0 Å². The van der Waals surface area contributed by atoms with E-state index >= 15 is 0 Å². The maximum atomic E-state index is 4.00. The molecule has 1 aromatic carbocycles. The molecule has 0 radical (unpaired) electrons. The van der Waals surface area contributed by atoms with Gasteiger partial charge in [0.2, 0.25) is 0 Å². The van der Waals surface area contributed by atoms with Crippen LogP contribution in [0.2, 0.25) is 0 Å².